The number of rotatable bonds is 6. The second kappa shape index (κ2) is 7.54. The highest BCUT2D eigenvalue weighted by atomic mass is 16.5. The molecule has 0 bridgehead atoms. The van der Waals surface area contributed by atoms with E-state index in [1.54, 1.807) is 0 Å². The van der Waals surface area contributed by atoms with Gasteiger partial charge in [-0.25, -0.2) is 0 Å². The Morgan fingerprint density at radius 3 is 1.79 bits per heavy atom. The molecule has 3 aromatic carbocycles. The molecule has 0 unspecified atom stereocenters. The Labute approximate surface area is 167 Å². The molecule has 2 nitrogen and oxygen atoms in total. The van der Waals surface area contributed by atoms with E-state index in [4.69, 9.17) is 4.74 Å². The minimum Gasteiger partial charge on any atom is -0.373 e. The molecule has 0 radical (unpaired) electrons. The predicted molar refractivity (Wildman–Crippen MR) is 113 cm³/mol. The summed E-state index contributed by atoms with van der Waals surface area (Å²) in [7, 11) is 0. The van der Waals surface area contributed by atoms with Crippen LogP contribution in [-0.2, 0) is 11.3 Å². The van der Waals surface area contributed by atoms with Crippen LogP contribution in [0.3, 0.4) is 0 Å². The van der Waals surface area contributed by atoms with Crippen molar-refractivity contribution in [3.8, 4) is 0 Å². The van der Waals surface area contributed by atoms with Gasteiger partial charge in [0, 0.05) is 18.5 Å². The van der Waals surface area contributed by atoms with Crippen LogP contribution in [0.5, 0.6) is 0 Å². The van der Waals surface area contributed by atoms with E-state index in [1.165, 1.54) is 42.6 Å². The first-order valence-electron chi connectivity index (χ1n) is 10.3. The van der Waals surface area contributed by atoms with Gasteiger partial charge >= 0.3 is 0 Å². The van der Waals surface area contributed by atoms with E-state index in [0.717, 1.165) is 6.61 Å². The van der Waals surface area contributed by atoms with Crippen LogP contribution in [0.25, 0.3) is 0 Å². The first-order chi connectivity index (χ1) is 13.8. The Bertz CT molecular complexity index is 840. The largest absolute Gasteiger partial charge is 0.373 e. The van der Waals surface area contributed by atoms with E-state index in [1.807, 2.05) is 0 Å². The molecule has 2 heteroatoms. The van der Waals surface area contributed by atoms with Gasteiger partial charge in [0.05, 0.1) is 18.8 Å². The lowest BCUT2D eigenvalue weighted by Crippen LogP contribution is -2.64. The van der Waals surface area contributed by atoms with Gasteiger partial charge in [0.1, 0.15) is 0 Å². The lowest BCUT2D eigenvalue weighted by atomic mass is 9.61. The summed E-state index contributed by atoms with van der Waals surface area (Å²) in [5.74, 6) is 0. The summed E-state index contributed by atoms with van der Waals surface area (Å²) >= 11 is 0. The molecule has 1 aliphatic heterocycles. The van der Waals surface area contributed by atoms with Gasteiger partial charge in [-0.3, -0.25) is 4.90 Å². The van der Waals surface area contributed by atoms with Crippen molar-refractivity contribution in [3.05, 3.63) is 108 Å². The zero-order valence-electron chi connectivity index (χ0n) is 16.2. The van der Waals surface area contributed by atoms with Crippen LogP contribution in [0, 0.1) is 5.41 Å². The van der Waals surface area contributed by atoms with Crippen LogP contribution >= 0.6 is 0 Å². The third-order valence-corrected chi connectivity index (χ3v) is 6.32. The molecular formula is C26H27NO. The SMILES string of the molecule is c1ccc(COC2CC3(C2)CN(C(c2ccccc2)c2ccccc2)C3)cc1. The van der Waals surface area contributed by atoms with Crippen molar-refractivity contribution in [1.82, 2.24) is 4.90 Å². The summed E-state index contributed by atoms with van der Waals surface area (Å²) in [4.78, 5) is 2.64. The summed E-state index contributed by atoms with van der Waals surface area (Å²) in [5, 5.41) is 0. The highest BCUT2D eigenvalue weighted by Crippen LogP contribution is 2.52. The van der Waals surface area contributed by atoms with Crippen molar-refractivity contribution < 1.29 is 4.74 Å². The summed E-state index contributed by atoms with van der Waals surface area (Å²) in [6, 6.07) is 32.7. The van der Waals surface area contributed by atoms with E-state index in [9.17, 15) is 0 Å². The zero-order valence-corrected chi connectivity index (χ0v) is 16.2. The van der Waals surface area contributed by atoms with Crippen molar-refractivity contribution in [3.63, 3.8) is 0 Å². The third-order valence-electron chi connectivity index (χ3n) is 6.32. The van der Waals surface area contributed by atoms with Crippen LogP contribution < -0.4 is 0 Å². The van der Waals surface area contributed by atoms with Crippen molar-refractivity contribution in [2.75, 3.05) is 13.1 Å². The molecule has 1 saturated heterocycles. The molecule has 0 aromatic heterocycles. The molecular weight excluding hydrogens is 342 g/mol. The fraction of sp³-hybridized carbons (Fsp3) is 0.308. The molecule has 0 N–H and O–H groups in total. The van der Waals surface area contributed by atoms with E-state index in [0.29, 0.717) is 17.6 Å². The molecule has 1 saturated carbocycles. The van der Waals surface area contributed by atoms with Gasteiger partial charge < -0.3 is 4.74 Å². The third kappa shape index (κ3) is 3.50. The van der Waals surface area contributed by atoms with Gasteiger partial charge in [-0.15, -0.1) is 0 Å². The van der Waals surface area contributed by atoms with Crippen LogP contribution in [0.2, 0.25) is 0 Å². The van der Waals surface area contributed by atoms with E-state index >= 15 is 0 Å². The summed E-state index contributed by atoms with van der Waals surface area (Å²) in [5.41, 5.74) is 4.52. The van der Waals surface area contributed by atoms with Gasteiger partial charge in [-0.2, -0.15) is 0 Å². The minimum atomic E-state index is 0.359. The average molecular weight is 370 g/mol. The molecule has 28 heavy (non-hydrogen) atoms. The van der Waals surface area contributed by atoms with Crippen molar-refractivity contribution in [1.29, 1.82) is 0 Å². The van der Waals surface area contributed by atoms with Crippen LogP contribution in [0.1, 0.15) is 35.6 Å². The summed E-state index contributed by atoms with van der Waals surface area (Å²) in [6.07, 6.45) is 2.83. The predicted octanol–water partition coefficient (Wildman–Crippen LogP) is 5.46. The van der Waals surface area contributed by atoms with Crippen LogP contribution in [-0.4, -0.2) is 24.1 Å². The fourth-order valence-electron chi connectivity index (χ4n) is 4.95. The Kier molecular flexibility index (Phi) is 4.76. The normalized spacial score (nSPS) is 18.8. The second-order valence-corrected chi connectivity index (χ2v) is 8.46. The van der Waals surface area contributed by atoms with Gasteiger partial charge in [-0.1, -0.05) is 91.0 Å². The minimum absolute atomic E-state index is 0.359. The Morgan fingerprint density at radius 2 is 1.25 bits per heavy atom. The van der Waals surface area contributed by atoms with Gasteiger partial charge in [0.25, 0.3) is 0 Å². The molecule has 5 rings (SSSR count). The van der Waals surface area contributed by atoms with Crippen LogP contribution in [0.15, 0.2) is 91.0 Å². The standard InChI is InChI=1S/C26H27NO/c1-4-10-21(11-5-1)18-28-24-16-26(17-24)19-27(20-26)25(22-12-6-2-7-13-22)23-14-8-3-9-15-23/h1-15,24-25H,16-20H2. The van der Waals surface area contributed by atoms with Gasteiger partial charge in [0.2, 0.25) is 0 Å². The quantitative estimate of drug-likeness (QED) is 0.572. The Morgan fingerprint density at radius 1 is 0.750 bits per heavy atom. The molecule has 1 heterocycles. The monoisotopic (exact) mass is 369 g/mol. The first-order valence-corrected chi connectivity index (χ1v) is 10.3. The smallest absolute Gasteiger partial charge is 0.0720 e. The fourth-order valence-corrected chi connectivity index (χ4v) is 4.95. The number of benzene rings is 3. The maximum absolute atomic E-state index is 6.14. The number of hydrogen-bond acceptors (Lipinski definition) is 2. The number of likely N-dealkylation sites (tertiary alicyclic amines) is 1. The molecule has 142 valence electrons. The Balaban J connectivity index is 1.21. The summed E-state index contributed by atoms with van der Waals surface area (Å²) < 4.78 is 6.14. The van der Waals surface area contributed by atoms with Gasteiger partial charge in [-0.05, 0) is 29.5 Å². The number of ether oxygens (including phenoxy) is 1. The van der Waals surface area contributed by atoms with Crippen LogP contribution in [0.4, 0.5) is 0 Å². The number of hydrogen-bond donors (Lipinski definition) is 0. The summed E-state index contributed by atoms with van der Waals surface area (Å²) in [6.45, 7) is 3.08. The molecule has 0 atom stereocenters. The molecule has 0 amide bonds. The lowest BCUT2D eigenvalue weighted by Gasteiger charge is -2.60. The number of nitrogens with zero attached hydrogens (tertiary/aromatic N) is 1. The van der Waals surface area contributed by atoms with Crippen molar-refractivity contribution in [2.24, 2.45) is 5.41 Å². The van der Waals surface area contributed by atoms with E-state index in [2.05, 4.69) is 95.9 Å². The van der Waals surface area contributed by atoms with Crippen molar-refractivity contribution in [2.45, 2.75) is 31.6 Å². The maximum Gasteiger partial charge on any atom is 0.0720 e. The second-order valence-electron chi connectivity index (χ2n) is 8.46. The van der Waals surface area contributed by atoms with E-state index in [-0.39, 0.29) is 0 Å². The molecule has 2 fully saturated rings. The zero-order chi connectivity index (χ0) is 18.8. The topological polar surface area (TPSA) is 12.5 Å². The lowest BCUT2D eigenvalue weighted by molar-refractivity contribution is -0.162. The Hall–Kier alpha value is -2.42. The van der Waals surface area contributed by atoms with Crippen molar-refractivity contribution >= 4 is 0 Å². The molecule has 2 aliphatic rings. The highest BCUT2D eigenvalue weighted by Gasteiger charge is 2.54. The first kappa shape index (κ1) is 17.7. The molecule has 3 aromatic rings. The molecule has 1 spiro atoms. The van der Waals surface area contributed by atoms with E-state index < -0.39 is 0 Å². The average Bonchev–Trinajstić information content (AvgIpc) is 2.70. The van der Waals surface area contributed by atoms with Gasteiger partial charge in [0.15, 0.2) is 0 Å². The highest BCUT2D eigenvalue weighted by molar-refractivity contribution is 5.33. The molecule has 1 aliphatic carbocycles. The maximum atomic E-state index is 6.14.